The van der Waals surface area contributed by atoms with Gasteiger partial charge in [0.15, 0.2) is 0 Å². The number of aliphatic hydroxyl groups is 1. The summed E-state index contributed by atoms with van der Waals surface area (Å²) >= 11 is 0. The topological polar surface area (TPSA) is 44.7 Å². The number of nitrogens with one attached hydrogen (secondary N) is 1. The number of rotatable bonds is 4. The molecule has 106 valence electrons. The van der Waals surface area contributed by atoms with Crippen molar-refractivity contribution < 1.29 is 9.84 Å². The summed E-state index contributed by atoms with van der Waals surface area (Å²) in [6.07, 6.45) is 5.40. The summed E-state index contributed by atoms with van der Waals surface area (Å²) in [6, 6.07) is 1.42. The molecule has 1 saturated heterocycles. The summed E-state index contributed by atoms with van der Waals surface area (Å²) in [5, 5.41) is 12.8. The van der Waals surface area contributed by atoms with Crippen molar-refractivity contribution in [2.75, 3.05) is 26.2 Å². The van der Waals surface area contributed by atoms with E-state index < -0.39 is 0 Å². The molecule has 1 heterocycles. The lowest BCUT2D eigenvalue weighted by atomic mass is 9.89. The highest BCUT2D eigenvalue weighted by molar-refractivity contribution is 4.86. The fourth-order valence-electron chi connectivity index (χ4n) is 3.41. The molecule has 1 aliphatic carbocycles. The predicted molar refractivity (Wildman–Crippen MR) is 72.7 cm³/mol. The van der Waals surface area contributed by atoms with Crippen LogP contribution in [0.15, 0.2) is 0 Å². The number of aliphatic hydroxyl groups excluding tert-OH is 1. The summed E-state index contributed by atoms with van der Waals surface area (Å²) in [6.45, 7) is 7.44. The Kier molecular flexibility index (Phi) is 5.42. The molecule has 2 fully saturated rings. The summed E-state index contributed by atoms with van der Waals surface area (Å²) in [7, 11) is 0. The van der Waals surface area contributed by atoms with Crippen LogP contribution in [0.3, 0.4) is 0 Å². The lowest BCUT2D eigenvalue weighted by Gasteiger charge is -2.43. The minimum Gasteiger partial charge on any atom is -0.394 e. The Bertz CT molecular complexity index is 242. The van der Waals surface area contributed by atoms with Crippen LogP contribution >= 0.6 is 0 Å². The van der Waals surface area contributed by atoms with Gasteiger partial charge in [-0.25, -0.2) is 0 Å². The maximum atomic E-state index is 9.28. The molecule has 2 rings (SSSR count). The standard InChI is InChI=1S/C14H28N2O2/c1-3-15-12-4-6-13(7-5-12)16-8-11(2)18-14(9-16)10-17/h11-15,17H,3-10H2,1-2H3. The van der Waals surface area contributed by atoms with E-state index in [1.165, 1.54) is 25.7 Å². The van der Waals surface area contributed by atoms with E-state index in [1.54, 1.807) is 0 Å². The van der Waals surface area contributed by atoms with Gasteiger partial charge in [-0.05, 0) is 39.2 Å². The summed E-state index contributed by atoms with van der Waals surface area (Å²) in [5.41, 5.74) is 0. The van der Waals surface area contributed by atoms with Gasteiger partial charge in [0.05, 0.1) is 18.8 Å². The van der Waals surface area contributed by atoms with Gasteiger partial charge in [-0.15, -0.1) is 0 Å². The Balaban J connectivity index is 1.81. The number of hydrogen-bond donors (Lipinski definition) is 2. The highest BCUT2D eigenvalue weighted by Gasteiger charge is 2.31. The first-order valence-corrected chi connectivity index (χ1v) is 7.46. The van der Waals surface area contributed by atoms with Crippen molar-refractivity contribution in [3.05, 3.63) is 0 Å². The molecule has 2 aliphatic rings. The van der Waals surface area contributed by atoms with Crippen molar-refractivity contribution in [1.29, 1.82) is 0 Å². The number of morpholine rings is 1. The van der Waals surface area contributed by atoms with E-state index in [4.69, 9.17) is 4.74 Å². The molecule has 0 aromatic heterocycles. The Hall–Kier alpha value is -0.160. The summed E-state index contributed by atoms with van der Waals surface area (Å²) in [5.74, 6) is 0. The van der Waals surface area contributed by atoms with E-state index in [-0.39, 0.29) is 18.8 Å². The normalized spacial score (nSPS) is 38.8. The average Bonchev–Trinajstić information content (AvgIpc) is 2.39. The second kappa shape index (κ2) is 6.85. The minimum absolute atomic E-state index is 0.0141. The van der Waals surface area contributed by atoms with Gasteiger partial charge < -0.3 is 15.2 Å². The highest BCUT2D eigenvalue weighted by atomic mass is 16.5. The average molecular weight is 256 g/mol. The van der Waals surface area contributed by atoms with Gasteiger partial charge in [-0.2, -0.15) is 0 Å². The molecule has 0 spiro atoms. The van der Waals surface area contributed by atoms with Crippen molar-refractivity contribution >= 4 is 0 Å². The van der Waals surface area contributed by atoms with Crippen molar-refractivity contribution in [3.8, 4) is 0 Å². The molecule has 0 aromatic rings. The smallest absolute Gasteiger partial charge is 0.0936 e. The SMILES string of the molecule is CCNC1CCC(N2CC(C)OC(CO)C2)CC1. The molecule has 2 atom stereocenters. The monoisotopic (exact) mass is 256 g/mol. The third-order valence-corrected chi connectivity index (χ3v) is 4.26. The van der Waals surface area contributed by atoms with Crippen LogP contribution < -0.4 is 5.32 Å². The van der Waals surface area contributed by atoms with Crippen LogP contribution in [0.5, 0.6) is 0 Å². The molecule has 0 bridgehead atoms. The van der Waals surface area contributed by atoms with Crippen molar-refractivity contribution in [2.24, 2.45) is 0 Å². The van der Waals surface area contributed by atoms with Gasteiger partial charge in [0.25, 0.3) is 0 Å². The van der Waals surface area contributed by atoms with Gasteiger partial charge in [-0.3, -0.25) is 4.90 Å². The first-order chi connectivity index (χ1) is 8.72. The molecular weight excluding hydrogens is 228 g/mol. The Morgan fingerprint density at radius 1 is 1.22 bits per heavy atom. The van der Waals surface area contributed by atoms with E-state index >= 15 is 0 Å². The molecule has 0 amide bonds. The van der Waals surface area contributed by atoms with Gasteiger partial charge >= 0.3 is 0 Å². The molecule has 1 saturated carbocycles. The van der Waals surface area contributed by atoms with Crippen LogP contribution in [0.2, 0.25) is 0 Å². The molecule has 4 heteroatoms. The fraction of sp³-hybridized carbons (Fsp3) is 1.00. The summed E-state index contributed by atoms with van der Waals surface area (Å²) in [4.78, 5) is 2.54. The van der Waals surface area contributed by atoms with E-state index in [2.05, 4.69) is 24.1 Å². The van der Waals surface area contributed by atoms with E-state index in [1.807, 2.05) is 0 Å². The predicted octanol–water partition coefficient (Wildman–Crippen LogP) is 0.989. The second-order valence-electron chi connectivity index (χ2n) is 5.77. The molecule has 0 aromatic carbocycles. The first kappa shape index (κ1) is 14.3. The van der Waals surface area contributed by atoms with Gasteiger partial charge in [-0.1, -0.05) is 6.92 Å². The third-order valence-electron chi connectivity index (χ3n) is 4.26. The second-order valence-corrected chi connectivity index (χ2v) is 5.77. The van der Waals surface area contributed by atoms with Gasteiger partial charge in [0.2, 0.25) is 0 Å². The van der Waals surface area contributed by atoms with Crippen LogP contribution in [0.4, 0.5) is 0 Å². The van der Waals surface area contributed by atoms with Crippen LogP contribution in [0.1, 0.15) is 39.5 Å². The molecule has 1 aliphatic heterocycles. The maximum absolute atomic E-state index is 9.28. The number of hydrogen-bond acceptors (Lipinski definition) is 4. The maximum Gasteiger partial charge on any atom is 0.0936 e. The molecule has 18 heavy (non-hydrogen) atoms. The molecular formula is C14H28N2O2. The quantitative estimate of drug-likeness (QED) is 0.787. The van der Waals surface area contributed by atoms with E-state index in [0.717, 1.165) is 25.7 Å². The zero-order chi connectivity index (χ0) is 13.0. The van der Waals surface area contributed by atoms with Crippen molar-refractivity contribution in [2.45, 2.75) is 63.8 Å². The largest absolute Gasteiger partial charge is 0.394 e. The zero-order valence-electron chi connectivity index (χ0n) is 11.8. The Morgan fingerprint density at radius 3 is 2.56 bits per heavy atom. The van der Waals surface area contributed by atoms with Gasteiger partial charge in [0, 0.05) is 25.2 Å². The minimum atomic E-state index is 0.0141. The van der Waals surface area contributed by atoms with Crippen LogP contribution in [0.25, 0.3) is 0 Å². The van der Waals surface area contributed by atoms with Crippen molar-refractivity contribution in [1.82, 2.24) is 10.2 Å². The van der Waals surface area contributed by atoms with Crippen LogP contribution in [-0.2, 0) is 4.74 Å². The number of ether oxygens (including phenoxy) is 1. The van der Waals surface area contributed by atoms with Crippen LogP contribution in [0, 0.1) is 0 Å². The molecule has 2 unspecified atom stereocenters. The molecule has 4 nitrogen and oxygen atoms in total. The lowest BCUT2D eigenvalue weighted by molar-refractivity contribution is -0.108. The molecule has 2 N–H and O–H groups in total. The third kappa shape index (κ3) is 3.67. The molecule has 0 radical (unpaired) electrons. The lowest BCUT2D eigenvalue weighted by Crippen LogP contribution is -2.53. The van der Waals surface area contributed by atoms with Crippen LogP contribution in [-0.4, -0.2) is 60.5 Å². The summed E-state index contributed by atoms with van der Waals surface area (Å²) < 4.78 is 5.71. The van der Waals surface area contributed by atoms with Gasteiger partial charge in [0.1, 0.15) is 0 Å². The number of nitrogens with zero attached hydrogens (tertiary/aromatic N) is 1. The highest BCUT2D eigenvalue weighted by Crippen LogP contribution is 2.25. The first-order valence-electron chi connectivity index (χ1n) is 7.46. The van der Waals surface area contributed by atoms with E-state index in [9.17, 15) is 5.11 Å². The van der Waals surface area contributed by atoms with Crippen molar-refractivity contribution in [3.63, 3.8) is 0 Å². The fourth-order valence-corrected chi connectivity index (χ4v) is 3.41. The van der Waals surface area contributed by atoms with E-state index in [0.29, 0.717) is 6.04 Å². The Labute approximate surface area is 111 Å². The Morgan fingerprint density at radius 2 is 1.94 bits per heavy atom. The zero-order valence-corrected chi connectivity index (χ0v) is 11.8.